The molecule has 3 N–H and O–H groups in total. The lowest BCUT2D eigenvalue weighted by molar-refractivity contribution is -0.120. The molecular weight excluding hydrogens is 200 g/mol. The van der Waals surface area contributed by atoms with Crippen LogP contribution in [0.15, 0.2) is 23.4 Å². The first-order valence-electron chi connectivity index (χ1n) is 6.11. The van der Waals surface area contributed by atoms with Gasteiger partial charge in [0.05, 0.1) is 0 Å². The number of rotatable bonds is 6. The molecule has 0 unspecified atom stereocenters. The molecule has 1 aliphatic rings. The Hall–Kier alpha value is -1.09. The van der Waals surface area contributed by atoms with E-state index in [-0.39, 0.29) is 5.91 Å². The van der Waals surface area contributed by atoms with Gasteiger partial charge in [0.1, 0.15) is 0 Å². The molecule has 0 radical (unpaired) electrons. The SMILES string of the molecule is CC1=CCCC=C1NC(=O)CCCCCN. The summed E-state index contributed by atoms with van der Waals surface area (Å²) < 4.78 is 0. The van der Waals surface area contributed by atoms with Crippen molar-refractivity contribution < 1.29 is 4.79 Å². The van der Waals surface area contributed by atoms with Crippen molar-refractivity contribution in [3.63, 3.8) is 0 Å². The van der Waals surface area contributed by atoms with Gasteiger partial charge in [-0.05, 0) is 44.7 Å². The molecule has 0 saturated carbocycles. The highest BCUT2D eigenvalue weighted by Crippen LogP contribution is 2.15. The summed E-state index contributed by atoms with van der Waals surface area (Å²) >= 11 is 0. The normalized spacial score (nSPS) is 15.4. The number of hydrogen-bond donors (Lipinski definition) is 2. The van der Waals surface area contributed by atoms with Crippen LogP contribution in [0.5, 0.6) is 0 Å². The Balaban J connectivity index is 2.23. The minimum absolute atomic E-state index is 0.123. The summed E-state index contributed by atoms with van der Waals surface area (Å²) in [6.07, 6.45) is 9.97. The Labute approximate surface area is 97.8 Å². The Morgan fingerprint density at radius 3 is 2.75 bits per heavy atom. The zero-order valence-electron chi connectivity index (χ0n) is 10.1. The Morgan fingerprint density at radius 2 is 2.06 bits per heavy atom. The molecule has 0 spiro atoms. The lowest BCUT2D eigenvalue weighted by Gasteiger charge is -2.14. The van der Waals surface area contributed by atoms with Crippen LogP contribution >= 0.6 is 0 Å². The van der Waals surface area contributed by atoms with E-state index >= 15 is 0 Å². The van der Waals surface area contributed by atoms with E-state index in [9.17, 15) is 4.79 Å². The van der Waals surface area contributed by atoms with Crippen molar-refractivity contribution in [3.8, 4) is 0 Å². The van der Waals surface area contributed by atoms with Crippen molar-refractivity contribution in [3.05, 3.63) is 23.4 Å². The van der Waals surface area contributed by atoms with Gasteiger partial charge in [-0.2, -0.15) is 0 Å². The van der Waals surface area contributed by atoms with Crippen LogP contribution in [-0.2, 0) is 4.79 Å². The minimum atomic E-state index is 0.123. The molecule has 0 saturated heterocycles. The van der Waals surface area contributed by atoms with E-state index in [2.05, 4.69) is 17.5 Å². The van der Waals surface area contributed by atoms with E-state index in [1.165, 1.54) is 5.57 Å². The molecular formula is C13H22N2O. The van der Waals surface area contributed by atoms with Crippen molar-refractivity contribution in [1.82, 2.24) is 5.32 Å². The van der Waals surface area contributed by atoms with Gasteiger partial charge < -0.3 is 11.1 Å². The van der Waals surface area contributed by atoms with Crippen LogP contribution in [0, 0.1) is 0 Å². The number of carbonyl (C=O) groups excluding carboxylic acids is 1. The third-order valence-electron chi connectivity index (χ3n) is 2.77. The predicted molar refractivity (Wildman–Crippen MR) is 66.7 cm³/mol. The lowest BCUT2D eigenvalue weighted by atomic mass is 10.0. The number of hydrogen-bond acceptors (Lipinski definition) is 2. The average Bonchev–Trinajstić information content (AvgIpc) is 2.28. The molecule has 0 atom stereocenters. The summed E-state index contributed by atoms with van der Waals surface area (Å²) in [7, 11) is 0. The summed E-state index contributed by atoms with van der Waals surface area (Å²) in [5, 5.41) is 2.97. The fraction of sp³-hybridized carbons (Fsp3) is 0.615. The van der Waals surface area contributed by atoms with E-state index in [1.54, 1.807) is 0 Å². The van der Waals surface area contributed by atoms with E-state index in [0.29, 0.717) is 13.0 Å². The highest BCUT2D eigenvalue weighted by molar-refractivity contribution is 5.78. The van der Waals surface area contributed by atoms with E-state index < -0.39 is 0 Å². The van der Waals surface area contributed by atoms with Gasteiger partial charge in [-0.25, -0.2) is 0 Å². The van der Waals surface area contributed by atoms with Gasteiger partial charge in [0, 0.05) is 12.1 Å². The van der Waals surface area contributed by atoms with Crippen LogP contribution in [0.3, 0.4) is 0 Å². The maximum atomic E-state index is 11.6. The molecule has 0 bridgehead atoms. The van der Waals surface area contributed by atoms with Crippen LogP contribution in [0.1, 0.15) is 45.4 Å². The van der Waals surface area contributed by atoms with Crippen LogP contribution < -0.4 is 11.1 Å². The first-order valence-corrected chi connectivity index (χ1v) is 6.11. The van der Waals surface area contributed by atoms with Gasteiger partial charge in [0.25, 0.3) is 0 Å². The van der Waals surface area contributed by atoms with Crippen LogP contribution in [-0.4, -0.2) is 12.5 Å². The van der Waals surface area contributed by atoms with Gasteiger partial charge in [-0.15, -0.1) is 0 Å². The van der Waals surface area contributed by atoms with E-state index in [4.69, 9.17) is 5.73 Å². The quantitative estimate of drug-likeness (QED) is 0.677. The molecule has 90 valence electrons. The summed E-state index contributed by atoms with van der Waals surface area (Å²) in [6, 6.07) is 0. The molecule has 1 rings (SSSR count). The molecule has 0 aromatic heterocycles. The van der Waals surface area contributed by atoms with Crippen molar-refractivity contribution >= 4 is 5.91 Å². The number of unbranched alkanes of at least 4 members (excludes halogenated alkanes) is 2. The van der Waals surface area contributed by atoms with Gasteiger partial charge in [-0.3, -0.25) is 4.79 Å². The molecule has 0 aromatic carbocycles. The summed E-state index contributed by atoms with van der Waals surface area (Å²) in [5.41, 5.74) is 7.57. The predicted octanol–water partition coefficient (Wildman–Crippen LogP) is 2.25. The molecule has 3 heteroatoms. The fourth-order valence-electron chi connectivity index (χ4n) is 1.77. The molecule has 3 nitrogen and oxygen atoms in total. The second-order valence-electron chi connectivity index (χ2n) is 4.23. The third-order valence-corrected chi connectivity index (χ3v) is 2.77. The maximum absolute atomic E-state index is 11.6. The van der Waals surface area contributed by atoms with Gasteiger partial charge in [0.15, 0.2) is 0 Å². The Bertz CT molecular complexity index is 292. The number of nitrogens with two attached hydrogens (primary N) is 1. The van der Waals surface area contributed by atoms with Crippen LogP contribution in [0.4, 0.5) is 0 Å². The zero-order chi connectivity index (χ0) is 11.8. The second kappa shape index (κ2) is 7.23. The molecule has 0 aliphatic heterocycles. The smallest absolute Gasteiger partial charge is 0.224 e. The number of nitrogens with one attached hydrogen (secondary N) is 1. The first-order chi connectivity index (χ1) is 7.74. The standard InChI is InChI=1S/C13H22N2O/c1-11-7-4-5-8-12(11)15-13(16)9-3-2-6-10-14/h7-8H,2-6,9-10,14H2,1H3,(H,15,16). The first kappa shape index (κ1) is 13.0. The maximum Gasteiger partial charge on any atom is 0.224 e. The molecule has 16 heavy (non-hydrogen) atoms. The van der Waals surface area contributed by atoms with E-state index in [1.807, 2.05) is 6.92 Å². The number of allylic oxidation sites excluding steroid dienone is 3. The lowest BCUT2D eigenvalue weighted by Crippen LogP contribution is -2.23. The highest BCUT2D eigenvalue weighted by Gasteiger charge is 2.08. The van der Waals surface area contributed by atoms with Crippen LogP contribution in [0.2, 0.25) is 0 Å². The van der Waals surface area contributed by atoms with Crippen molar-refractivity contribution in [2.24, 2.45) is 5.73 Å². The van der Waals surface area contributed by atoms with Crippen molar-refractivity contribution in [2.45, 2.75) is 45.4 Å². The third kappa shape index (κ3) is 4.62. The topological polar surface area (TPSA) is 55.1 Å². The molecule has 0 heterocycles. The largest absolute Gasteiger partial charge is 0.330 e. The summed E-state index contributed by atoms with van der Waals surface area (Å²) in [4.78, 5) is 11.6. The van der Waals surface area contributed by atoms with Gasteiger partial charge >= 0.3 is 0 Å². The minimum Gasteiger partial charge on any atom is -0.330 e. The number of amides is 1. The molecule has 0 fully saturated rings. The zero-order valence-corrected chi connectivity index (χ0v) is 10.1. The number of carbonyl (C=O) groups is 1. The average molecular weight is 222 g/mol. The second-order valence-corrected chi connectivity index (χ2v) is 4.23. The van der Waals surface area contributed by atoms with Gasteiger partial charge in [-0.1, -0.05) is 18.6 Å². The van der Waals surface area contributed by atoms with Gasteiger partial charge in [0.2, 0.25) is 5.91 Å². The summed E-state index contributed by atoms with van der Waals surface area (Å²) in [5.74, 6) is 0.123. The monoisotopic (exact) mass is 222 g/mol. The Kier molecular flexibility index (Phi) is 5.86. The molecule has 0 aromatic rings. The fourth-order valence-corrected chi connectivity index (χ4v) is 1.77. The molecule has 1 aliphatic carbocycles. The highest BCUT2D eigenvalue weighted by atomic mass is 16.1. The van der Waals surface area contributed by atoms with E-state index in [0.717, 1.165) is 37.8 Å². The molecule has 1 amide bonds. The van der Waals surface area contributed by atoms with Crippen molar-refractivity contribution in [2.75, 3.05) is 6.54 Å². The van der Waals surface area contributed by atoms with Crippen molar-refractivity contribution in [1.29, 1.82) is 0 Å². The Morgan fingerprint density at radius 1 is 1.31 bits per heavy atom. The summed E-state index contributed by atoms with van der Waals surface area (Å²) in [6.45, 7) is 2.76. The van der Waals surface area contributed by atoms with Crippen LogP contribution in [0.25, 0.3) is 0 Å².